The van der Waals surface area contributed by atoms with Crippen LogP contribution in [0.4, 0.5) is 0 Å². The first-order valence-electron chi connectivity index (χ1n) is 10.6. The van der Waals surface area contributed by atoms with Crippen LogP contribution in [0.15, 0.2) is 47.3 Å². The Morgan fingerprint density at radius 1 is 1.13 bits per heavy atom. The Labute approximate surface area is 175 Å². The van der Waals surface area contributed by atoms with Gasteiger partial charge in [0.2, 0.25) is 0 Å². The summed E-state index contributed by atoms with van der Waals surface area (Å²) in [4.78, 5) is 30.6. The lowest BCUT2D eigenvalue weighted by atomic mass is 10.1. The maximum absolute atomic E-state index is 13.0. The highest BCUT2D eigenvalue weighted by atomic mass is 16.5. The molecule has 1 aliphatic rings. The lowest BCUT2D eigenvalue weighted by Gasteiger charge is -2.18. The van der Waals surface area contributed by atoms with E-state index in [0.29, 0.717) is 16.5 Å². The van der Waals surface area contributed by atoms with E-state index in [2.05, 4.69) is 5.32 Å². The van der Waals surface area contributed by atoms with Crippen molar-refractivity contribution in [3.8, 4) is 5.75 Å². The van der Waals surface area contributed by atoms with E-state index in [0.717, 1.165) is 55.8 Å². The fourth-order valence-corrected chi connectivity index (χ4v) is 4.12. The Balaban J connectivity index is 1.63. The Kier molecular flexibility index (Phi) is 5.84. The smallest absolute Gasteiger partial charge is 0.261 e. The molecule has 0 saturated carbocycles. The van der Waals surface area contributed by atoms with Crippen LogP contribution in [-0.4, -0.2) is 22.6 Å². The quantitative estimate of drug-likeness (QED) is 0.712. The van der Waals surface area contributed by atoms with E-state index >= 15 is 0 Å². The largest absolute Gasteiger partial charge is 0.496 e. The van der Waals surface area contributed by atoms with Gasteiger partial charge in [-0.2, -0.15) is 0 Å². The Hall–Kier alpha value is -3.15. The summed E-state index contributed by atoms with van der Waals surface area (Å²) in [5.74, 6) is 1.35. The predicted molar refractivity (Wildman–Crippen MR) is 117 cm³/mol. The topological polar surface area (TPSA) is 73.2 Å². The third-order valence-electron chi connectivity index (χ3n) is 5.78. The highest BCUT2D eigenvalue weighted by Crippen LogP contribution is 2.25. The molecule has 1 amide bonds. The van der Waals surface area contributed by atoms with Crippen LogP contribution in [0.5, 0.6) is 5.75 Å². The molecule has 0 aliphatic carbocycles. The van der Waals surface area contributed by atoms with Gasteiger partial charge in [-0.15, -0.1) is 0 Å². The predicted octanol–water partition coefficient (Wildman–Crippen LogP) is 4.01. The number of benzene rings is 2. The minimum atomic E-state index is -0.223. The Bertz CT molecular complexity index is 1140. The van der Waals surface area contributed by atoms with Gasteiger partial charge in [0.05, 0.1) is 24.1 Å². The molecule has 0 saturated heterocycles. The van der Waals surface area contributed by atoms with Crippen LogP contribution in [0, 0.1) is 0 Å². The molecule has 0 bridgehead atoms. The van der Waals surface area contributed by atoms with Gasteiger partial charge in [-0.1, -0.05) is 31.0 Å². The molecule has 1 atom stereocenters. The van der Waals surface area contributed by atoms with Gasteiger partial charge in [-0.05, 0) is 44.0 Å². The van der Waals surface area contributed by atoms with E-state index in [4.69, 9.17) is 9.72 Å². The van der Waals surface area contributed by atoms with Crippen LogP contribution in [0.1, 0.15) is 60.4 Å². The third-order valence-corrected chi connectivity index (χ3v) is 5.78. The lowest BCUT2D eigenvalue weighted by Crippen LogP contribution is -2.28. The molecule has 4 rings (SSSR count). The normalized spacial score (nSPS) is 15.0. The first-order chi connectivity index (χ1) is 14.6. The number of aromatic nitrogens is 2. The van der Waals surface area contributed by atoms with Crippen LogP contribution in [0.3, 0.4) is 0 Å². The molecule has 1 unspecified atom stereocenters. The molecule has 156 valence electrons. The van der Waals surface area contributed by atoms with Crippen LogP contribution in [-0.2, 0) is 13.0 Å². The number of carbonyl (C=O) groups is 1. The molecule has 0 fully saturated rings. The second-order valence-electron chi connectivity index (χ2n) is 7.82. The summed E-state index contributed by atoms with van der Waals surface area (Å²) in [5, 5.41) is 3.58. The maximum Gasteiger partial charge on any atom is 0.261 e. The molecule has 6 heteroatoms. The number of carbonyl (C=O) groups excluding carboxylic acids is 1. The minimum absolute atomic E-state index is 0.00810. The molecule has 1 aromatic heterocycles. The van der Waals surface area contributed by atoms with Crippen molar-refractivity contribution in [1.82, 2.24) is 14.9 Å². The number of hydrogen-bond acceptors (Lipinski definition) is 4. The van der Waals surface area contributed by atoms with Crippen LogP contribution in [0.25, 0.3) is 10.9 Å². The Morgan fingerprint density at radius 2 is 1.93 bits per heavy atom. The summed E-state index contributed by atoms with van der Waals surface area (Å²) in [7, 11) is 1.62. The molecule has 1 N–H and O–H groups in total. The zero-order chi connectivity index (χ0) is 21.1. The van der Waals surface area contributed by atoms with Crippen molar-refractivity contribution in [2.75, 3.05) is 7.11 Å². The summed E-state index contributed by atoms with van der Waals surface area (Å²) >= 11 is 0. The van der Waals surface area contributed by atoms with E-state index in [1.54, 1.807) is 25.3 Å². The van der Waals surface area contributed by atoms with Crippen LogP contribution >= 0.6 is 0 Å². The summed E-state index contributed by atoms with van der Waals surface area (Å²) in [6, 6.07) is 12.5. The summed E-state index contributed by atoms with van der Waals surface area (Å²) < 4.78 is 7.21. The monoisotopic (exact) mass is 405 g/mol. The molecular formula is C24H27N3O3. The SMILES string of the molecule is COc1ccccc1C(C)NC(=O)c1ccc2c(=O)n3c(nc2c1)CCCCCC3. The molecule has 0 spiro atoms. The molecule has 1 aliphatic heterocycles. The summed E-state index contributed by atoms with van der Waals surface area (Å²) in [6.07, 6.45) is 5.15. The molecule has 2 aromatic carbocycles. The van der Waals surface area contributed by atoms with Gasteiger partial charge < -0.3 is 10.1 Å². The van der Waals surface area contributed by atoms with Gasteiger partial charge in [0, 0.05) is 24.1 Å². The van der Waals surface area contributed by atoms with Gasteiger partial charge in [0.15, 0.2) is 0 Å². The van der Waals surface area contributed by atoms with Gasteiger partial charge in [0.25, 0.3) is 11.5 Å². The first kappa shape index (κ1) is 20.1. The third kappa shape index (κ3) is 3.95. The fourth-order valence-electron chi connectivity index (χ4n) is 4.12. The average molecular weight is 405 g/mol. The zero-order valence-corrected chi connectivity index (χ0v) is 17.5. The minimum Gasteiger partial charge on any atom is -0.496 e. The van der Waals surface area contributed by atoms with Crippen molar-refractivity contribution in [1.29, 1.82) is 0 Å². The maximum atomic E-state index is 13.0. The molecule has 30 heavy (non-hydrogen) atoms. The van der Waals surface area contributed by atoms with Gasteiger partial charge in [-0.3, -0.25) is 14.2 Å². The van der Waals surface area contributed by atoms with E-state index in [-0.39, 0.29) is 17.5 Å². The number of ether oxygens (including phenoxy) is 1. The highest BCUT2D eigenvalue weighted by molar-refractivity contribution is 5.97. The van der Waals surface area contributed by atoms with E-state index < -0.39 is 0 Å². The highest BCUT2D eigenvalue weighted by Gasteiger charge is 2.17. The van der Waals surface area contributed by atoms with E-state index in [1.165, 1.54) is 0 Å². The fraction of sp³-hybridized carbons (Fsp3) is 0.375. The average Bonchev–Trinajstić information content (AvgIpc) is 2.74. The number of amides is 1. The number of fused-ring (bicyclic) bond motifs is 2. The number of nitrogens with one attached hydrogen (secondary N) is 1. The molecule has 6 nitrogen and oxygen atoms in total. The van der Waals surface area contributed by atoms with Crippen LogP contribution in [0.2, 0.25) is 0 Å². The van der Waals surface area contributed by atoms with Crippen molar-refractivity contribution >= 4 is 16.8 Å². The van der Waals surface area contributed by atoms with Crippen LogP contribution < -0.4 is 15.6 Å². The Morgan fingerprint density at radius 3 is 2.77 bits per heavy atom. The summed E-state index contributed by atoms with van der Waals surface area (Å²) in [6.45, 7) is 2.64. The number of methoxy groups -OCH3 is 1. The van der Waals surface area contributed by atoms with Gasteiger partial charge in [-0.25, -0.2) is 4.98 Å². The molecule has 2 heterocycles. The van der Waals surface area contributed by atoms with E-state index in [9.17, 15) is 9.59 Å². The van der Waals surface area contributed by atoms with Crippen molar-refractivity contribution in [3.05, 3.63) is 69.8 Å². The van der Waals surface area contributed by atoms with Crippen molar-refractivity contribution < 1.29 is 9.53 Å². The number of aryl methyl sites for hydroxylation is 1. The number of hydrogen-bond donors (Lipinski definition) is 1. The standard InChI is InChI=1S/C24H27N3O3/c1-16(18-9-6-7-10-21(18)30-2)25-23(28)17-12-13-19-20(15-17)26-22-11-5-3-4-8-14-27(22)24(19)29/h6-7,9-10,12-13,15-16H,3-5,8,11,14H2,1-2H3,(H,25,28). The number of nitrogens with zero attached hydrogens (tertiary/aromatic N) is 2. The molecule has 0 radical (unpaired) electrons. The number of para-hydroxylation sites is 1. The van der Waals surface area contributed by atoms with Gasteiger partial charge >= 0.3 is 0 Å². The van der Waals surface area contributed by atoms with Gasteiger partial charge in [0.1, 0.15) is 11.6 Å². The molecule has 3 aromatic rings. The number of rotatable bonds is 4. The van der Waals surface area contributed by atoms with E-state index in [1.807, 2.05) is 35.8 Å². The van der Waals surface area contributed by atoms with Crippen molar-refractivity contribution in [2.45, 2.75) is 51.6 Å². The van der Waals surface area contributed by atoms with Crippen molar-refractivity contribution in [2.24, 2.45) is 0 Å². The second kappa shape index (κ2) is 8.69. The first-order valence-corrected chi connectivity index (χ1v) is 10.6. The van der Waals surface area contributed by atoms with Crippen molar-refractivity contribution in [3.63, 3.8) is 0 Å². The zero-order valence-electron chi connectivity index (χ0n) is 17.5. The summed E-state index contributed by atoms with van der Waals surface area (Å²) in [5.41, 5.74) is 1.98. The second-order valence-corrected chi connectivity index (χ2v) is 7.82. The molecular weight excluding hydrogens is 378 g/mol. The lowest BCUT2D eigenvalue weighted by molar-refractivity contribution is 0.0939.